The number of allylic oxidation sites excluding steroid dienone is 8. The molecule has 18 heavy (non-hydrogen) atoms. The predicted molar refractivity (Wildman–Crippen MR) is 71.7 cm³/mol. The minimum absolute atomic E-state index is 0.0887. The van der Waals surface area contributed by atoms with Gasteiger partial charge in [-0.15, -0.1) is 23.2 Å². The first kappa shape index (κ1) is 13.1. The highest BCUT2D eigenvalue weighted by molar-refractivity contribution is 6.19. The Labute approximate surface area is 114 Å². The van der Waals surface area contributed by atoms with Crippen molar-refractivity contribution in [3.63, 3.8) is 0 Å². The Bertz CT molecular complexity index is 530. The normalized spacial score (nSPS) is 23.3. The minimum Gasteiger partial charge on any atom is -0.754 e. The van der Waals surface area contributed by atoms with Crippen molar-refractivity contribution in [1.29, 1.82) is 0 Å². The van der Waals surface area contributed by atoms with E-state index in [4.69, 9.17) is 23.2 Å². The van der Waals surface area contributed by atoms with E-state index < -0.39 is 0 Å². The predicted octanol–water partition coefficient (Wildman–Crippen LogP) is 3.16. The molecular weight excluding hydrogens is 275 g/mol. The van der Waals surface area contributed by atoms with Crippen molar-refractivity contribution in [1.82, 2.24) is 5.06 Å². The van der Waals surface area contributed by atoms with Crippen molar-refractivity contribution in [3.8, 4) is 0 Å². The molecule has 0 aromatic carbocycles. The van der Waals surface area contributed by atoms with Crippen molar-refractivity contribution in [2.75, 3.05) is 11.8 Å². The molecule has 0 radical (unpaired) electrons. The molecule has 2 aliphatic heterocycles. The van der Waals surface area contributed by atoms with Crippen LogP contribution in [0.2, 0.25) is 0 Å². The number of hydrogen-bond acceptors (Lipinski definition) is 3. The molecule has 0 N–H and O–H groups in total. The van der Waals surface area contributed by atoms with E-state index in [1.165, 1.54) is 0 Å². The second-order valence-electron chi connectivity index (χ2n) is 3.66. The Morgan fingerprint density at radius 2 is 1.89 bits per heavy atom. The second-order valence-corrected chi connectivity index (χ2v) is 4.20. The summed E-state index contributed by atoms with van der Waals surface area (Å²) in [5.74, 6) is 0.177. The van der Waals surface area contributed by atoms with Crippen LogP contribution in [0.4, 0.5) is 0 Å². The van der Waals surface area contributed by atoms with Crippen LogP contribution in [0.1, 0.15) is 0 Å². The van der Waals surface area contributed by atoms with Crippen LogP contribution in [0.15, 0.2) is 59.2 Å². The monoisotopic (exact) mass is 284 g/mol. The van der Waals surface area contributed by atoms with Crippen molar-refractivity contribution in [2.24, 2.45) is 0 Å². The average molecular weight is 285 g/mol. The van der Waals surface area contributed by atoms with Crippen molar-refractivity contribution >= 4 is 23.2 Å². The first-order valence-corrected chi connectivity index (χ1v) is 6.31. The molecule has 94 valence electrons. The Morgan fingerprint density at radius 3 is 2.56 bits per heavy atom. The van der Waals surface area contributed by atoms with Crippen molar-refractivity contribution < 1.29 is 4.76 Å². The summed E-state index contributed by atoms with van der Waals surface area (Å²) in [6, 6.07) is 0. The molecule has 0 saturated carbocycles. The molecule has 0 bridgehead atoms. The first-order valence-electron chi connectivity index (χ1n) is 5.24. The third kappa shape index (κ3) is 2.27. The zero-order chi connectivity index (χ0) is 13.1. The minimum atomic E-state index is 0.0887. The molecule has 0 unspecified atom stereocenters. The van der Waals surface area contributed by atoms with Crippen LogP contribution in [0.5, 0.6) is 0 Å². The van der Waals surface area contributed by atoms with Crippen LogP contribution in [0, 0.1) is 10.1 Å². The van der Waals surface area contributed by atoms with Crippen LogP contribution in [-0.2, 0) is 0 Å². The molecule has 4 nitrogen and oxygen atoms in total. The van der Waals surface area contributed by atoms with E-state index in [2.05, 4.69) is 0 Å². The van der Waals surface area contributed by atoms with E-state index in [0.29, 0.717) is 21.2 Å². The lowest BCUT2D eigenvalue weighted by molar-refractivity contribution is -0.441. The number of hydroxylamine groups is 2. The van der Waals surface area contributed by atoms with Gasteiger partial charge in [-0.3, -0.25) is 0 Å². The van der Waals surface area contributed by atoms with Crippen LogP contribution in [0.3, 0.4) is 0 Å². The molecule has 0 aliphatic carbocycles. The molecule has 0 saturated heterocycles. The van der Waals surface area contributed by atoms with E-state index in [9.17, 15) is 10.1 Å². The topological polar surface area (TPSA) is 46.4 Å². The van der Waals surface area contributed by atoms with Crippen molar-refractivity contribution in [2.45, 2.75) is 0 Å². The van der Waals surface area contributed by atoms with Gasteiger partial charge in [0.05, 0.1) is 10.6 Å². The van der Waals surface area contributed by atoms with Crippen LogP contribution in [0.25, 0.3) is 0 Å². The summed E-state index contributed by atoms with van der Waals surface area (Å²) in [6.45, 7) is 0. The average Bonchev–Trinajstić information content (AvgIpc) is 2.40. The quantitative estimate of drug-likeness (QED) is 0.578. The lowest BCUT2D eigenvalue weighted by Gasteiger charge is -2.34. The van der Waals surface area contributed by atoms with E-state index >= 15 is 0 Å². The highest BCUT2D eigenvalue weighted by Crippen LogP contribution is 2.26. The van der Waals surface area contributed by atoms with Gasteiger partial charge in [-0.2, -0.15) is 0 Å². The van der Waals surface area contributed by atoms with Gasteiger partial charge >= 0.3 is 0 Å². The molecular formula is C12H10Cl2N2O2. The molecule has 2 aliphatic rings. The SMILES string of the molecule is O=[N+]1C(CCl)=CC=CC1=C1C=CC=C(CCl)N1[O-]. The molecule has 6 heteroatoms. The summed E-state index contributed by atoms with van der Waals surface area (Å²) in [5, 5.41) is 12.7. The molecule has 0 aromatic rings. The maximum atomic E-state index is 12.0. The van der Waals surface area contributed by atoms with Crippen LogP contribution >= 0.6 is 23.2 Å². The smallest absolute Gasteiger partial charge is 0.285 e. The van der Waals surface area contributed by atoms with Gasteiger partial charge in [0, 0.05) is 22.8 Å². The fourth-order valence-corrected chi connectivity index (χ4v) is 2.05. The highest BCUT2D eigenvalue weighted by atomic mass is 35.5. The number of halogens is 2. The zero-order valence-electron chi connectivity index (χ0n) is 9.35. The van der Waals surface area contributed by atoms with Gasteiger partial charge in [-0.1, -0.05) is 6.08 Å². The Balaban J connectivity index is 2.42. The van der Waals surface area contributed by atoms with Gasteiger partial charge < -0.3 is 10.3 Å². The van der Waals surface area contributed by atoms with Gasteiger partial charge in [0.2, 0.25) is 0 Å². The molecule has 0 fully saturated rings. The van der Waals surface area contributed by atoms with E-state index in [0.717, 1.165) is 0 Å². The van der Waals surface area contributed by atoms with E-state index in [-0.39, 0.29) is 23.2 Å². The Hall–Kier alpha value is -1.36. The second kappa shape index (κ2) is 5.52. The number of nitroso groups, excluding NO2 is 1. The lowest BCUT2D eigenvalue weighted by atomic mass is 10.1. The number of nitrogens with zero attached hydrogens (tertiary/aromatic N) is 2. The first-order chi connectivity index (χ1) is 8.69. The zero-order valence-corrected chi connectivity index (χ0v) is 10.9. The standard InChI is InChI=1S/C12H10Cl2N2O2/c13-7-9-3-1-5-11(15(9)17)12-6-2-4-10(8-14)16(12)18/h1-6H,7-8H2. The van der Waals surface area contributed by atoms with Crippen LogP contribution in [-0.4, -0.2) is 21.6 Å². The van der Waals surface area contributed by atoms with Crippen LogP contribution < -0.4 is 0 Å². The lowest BCUT2D eigenvalue weighted by Crippen LogP contribution is -2.22. The summed E-state index contributed by atoms with van der Waals surface area (Å²) in [6.07, 6.45) is 9.76. The van der Waals surface area contributed by atoms with E-state index in [1.807, 2.05) is 0 Å². The Kier molecular flexibility index (Phi) is 4.01. The largest absolute Gasteiger partial charge is 0.754 e. The highest BCUT2D eigenvalue weighted by Gasteiger charge is 2.28. The van der Waals surface area contributed by atoms with Gasteiger partial charge in [-0.25, -0.2) is 0 Å². The number of hydrogen-bond donors (Lipinski definition) is 0. The fourth-order valence-electron chi connectivity index (χ4n) is 1.66. The third-order valence-corrected chi connectivity index (χ3v) is 3.13. The number of rotatable bonds is 2. The molecule has 2 heterocycles. The van der Waals surface area contributed by atoms with Gasteiger partial charge in [-0.05, 0) is 18.2 Å². The van der Waals surface area contributed by atoms with Crippen molar-refractivity contribution in [3.05, 3.63) is 69.4 Å². The summed E-state index contributed by atoms with van der Waals surface area (Å²) >= 11 is 11.3. The molecule has 2 rings (SSSR count). The summed E-state index contributed by atoms with van der Waals surface area (Å²) in [5.41, 5.74) is 1.31. The maximum Gasteiger partial charge on any atom is 0.285 e. The number of alkyl halides is 2. The molecule has 0 atom stereocenters. The van der Waals surface area contributed by atoms with Gasteiger partial charge in [0.25, 0.3) is 11.4 Å². The molecule has 0 spiro atoms. The molecule has 0 aromatic heterocycles. The summed E-state index contributed by atoms with van der Waals surface area (Å²) < 4.78 is 0.661. The third-order valence-electron chi connectivity index (χ3n) is 2.58. The fraction of sp³-hybridized carbons (Fsp3) is 0.167. The van der Waals surface area contributed by atoms with Gasteiger partial charge in [0.1, 0.15) is 11.6 Å². The van der Waals surface area contributed by atoms with E-state index in [1.54, 1.807) is 36.5 Å². The summed E-state index contributed by atoms with van der Waals surface area (Å²) in [4.78, 5) is 12.0. The summed E-state index contributed by atoms with van der Waals surface area (Å²) in [7, 11) is 0. The Morgan fingerprint density at radius 1 is 1.17 bits per heavy atom. The maximum absolute atomic E-state index is 12.0. The molecule has 0 amide bonds. The van der Waals surface area contributed by atoms with Gasteiger partial charge in [0.15, 0.2) is 0 Å².